The molecule has 2 N–H and O–H groups in total. The van der Waals surface area contributed by atoms with Crippen LogP contribution in [-0.2, 0) is 0 Å². The predicted octanol–water partition coefficient (Wildman–Crippen LogP) is 2.74. The van der Waals surface area contributed by atoms with Crippen LogP contribution in [0.5, 0.6) is 0 Å². The number of nitrogens with zero attached hydrogens (tertiary/aromatic N) is 1. The molecule has 0 atom stereocenters. The van der Waals surface area contributed by atoms with Crippen LogP contribution in [0.3, 0.4) is 0 Å². The number of nitrogens with two attached hydrogens (primary N) is 1. The van der Waals surface area contributed by atoms with E-state index in [-0.39, 0.29) is 5.56 Å². The van der Waals surface area contributed by atoms with Crippen LogP contribution in [0.25, 0.3) is 5.57 Å². The van der Waals surface area contributed by atoms with Gasteiger partial charge in [-0.2, -0.15) is 0 Å². The Hall–Kier alpha value is -1.97. The van der Waals surface area contributed by atoms with Gasteiger partial charge >= 0.3 is 5.91 Å². The maximum Gasteiger partial charge on any atom is 0.318 e. The maximum atomic E-state index is 11.2. The van der Waals surface area contributed by atoms with Gasteiger partial charge in [0.1, 0.15) is 0 Å². The fourth-order valence-electron chi connectivity index (χ4n) is 2.00. The molecule has 0 radical (unpaired) electrons. The Labute approximate surface area is 93.1 Å². The lowest BCUT2D eigenvalue weighted by Crippen LogP contribution is -2.03. The molecular formula is C12H12N2O2. The lowest BCUT2D eigenvalue weighted by atomic mass is 9.99. The molecule has 0 spiro atoms. The normalized spacial score (nSPS) is 14.6. The molecule has 0 saturated carbocycles. The van der Waals surface area contributed by atoms with E-state index < -0.39 is 5.91 Å². The number of nitroso groups, excluding NO2 is 1. The first-order valence-electron chi connectivity index (χ1n) is 5.19. The molecule has 1 aromatic carbocycles. The molecule has 4 nitrogen and oxygen atoms in total. The number of allylic oxidation sites excluding steroid dienone is 2. The Balaban J connectivity index is 2.47. The average Bonchev–Trinajstić information content (AvgIpc) is 2.82. The van der Waals surface area contributed by atoms with Gasteiger partial charge in [0.2, 0.25) is 0 Å². The minimum Gasteiger partial charge on any atom is -0.398 e. The van der Waals surface area contributed by atoms with Crippen LogP contribution in [0.2, 0.25) is 0 Å². The summed E-state index contributed by atoms with van der Waals surface area (Å²) >= 11 is 0. The first kappa shape index (κ1) is 10.5. The average molecular weight is 216 g/mol. The Bertz CT molecular complexity index is 478. The quantitative estimate of drug-likeness (QED) is 0.610. The first-order valence-corrected chi connectivity index (χ1v) is 5.19. The molecule has 1 aromatic rings. The van der Waals surface area contributed by atoms with E-state index in [1.165, 1.54) is 6.07 Å². The summed E-state index contributed by atoms with van der Waals surface area (Å²) in [4.78, 5) is 21.4. The largest absolute Gasteiger partial charge is 0.398 e. The van der Waals surface area contributed by atoms with Crippen molar-refractivity contribution < 1.29 is 4.79 Å². The molecule has 0 fully saturated rings. The standard InChI is InChI=1S/C12H12N2O2/c13-11-9(8-4-1-2-5-8)6-3-7-10(11)12(15)14-16/h3-4,6-7H,1-2,5,13H2. The Morgan fingerprint density at radius 2 is 2.19 bits per heavy atom. The van der Waals surface area contributed by atoms with Crippen molar-refractivity contribution >= 4 is 17.2 Å². The Morgan fingerprint density at radius 1 is 1.38 bits per heavy atom. The van der Waals surface area contributed by atoms with Crippen LogP contribution < -0.4 is 5.73 Å². The van der Waals surface area contributed by atoms with E-state index in [0.29, 0.717) is 5.69 Å². The monoisotopic (exact) mass is 216 g/mol. The van der Waals surface area contributed by atoms with Crippen LogP contribution in [0.4, 0.5) is 5.69 Å². The second kappa shape index (κ2) is 4.26. The summed E-state index contributed by atoms with van der Waals surface area (Å²) in [5.74, 6) is -0.807. The van der Waals surface area contributed by atoms with Crippen molar-refractivity contribution in [1.29, 1.82) is 0 Å². The van der Waals surface area contributed by atoms with E-state index in [0.717, 1.165) is 30.4 Å². The minimum absolute atomic E-state index is 0.195. The van der Waals surface area contributed by atoms with Gasteiger partial charge in [-0.25, -0.2) is 0 Å². The number of amides is 1. The molecule has 0 aromatic heterocycles. The van der Waals surface area contributed by atoms with E-state index in [2.05, 4.69) is 11.3 Å². The zero-order chi connectivity index (χ0) is 11.5. The highest BCUT2D eigenvalue weighted by Gasteiger charge is 2.16. The molecule has 0 unspecified atom stereocenters. The molecule has 0 bridgehead atoms. The molecular weight excluding hydrogens is 204 g/mol. The molecule has 0 aliphatic heterocycles. The summed E-state index contributed by atoms with van der Waals surface area (Å²) in [5, 5.41) is 2.40. The van der Waals surface area contributed by atoms with E-state index in [9.17, 15) is 9.70 Å². The number of nitrogen functional groups attached to an aromatic ring is 1. The zero-order valence-electron chi connectivity index (χ0n) is 8.77. The molecule has 82 valence electrons. The van der Waals surface area contributed by atoms with E-state index >= 15 is 0 Å². The van der Waals surface area contributed by atoms with Crippen molar-refractivity contribution in [3.63, 3.8) is 0 Å². The minimum atomic E-state index is -0.807. The summed E-state index contributed by atoms with van der Waals surface area (Å²) in [5.41, 5.74) is 8.44. The van der Waals surface area contributed by atoms with E-state index in [4.69, 9.17) is 5.73 Å². The third kappa shape index (κ3) is 1.74. The summed E-state index contributed by atoms with van der Waals surface area (Å²) in [6.45, 7) is 0. The lowest BCUT2D eigenvalue weighted by Gasteiger charge is -2.08. The van der Waals surface area contributed by atoms with Crippen molar-refractivity contribution in [2.75, 3.05) is 5.73 Å². The van der Waals surface area contributed by atoms with Gasteiger partial charge in [-0.1, -0.05) is 18.2 Å². The SMILES string of the molecule is Nc1c(C(=O)N=O)cccc1C1=CCCC1. The third-order valence-corrected chi connectivity index (χ3v) is 2.81. The van der Waals surface area contributed by atoms with Gasteiger partial charge in [0.25, 0.3) is 0 Å². The molecule has 2 rings (SSSR count). The van der Waals surface area contributed by atoms with Crippen molar-refractivity contribution in [1.82, 2.24) is 0 Å². The fourth-order valence-corrected chi connectivity index (χ4v) is 2.00. The highest BCUT2D eigenvalue weighted by Crippen LogP contribution is 2.32. The van der Waals surface area contributed by atoms with Crippen molar-refractivity contribution in [2.45, 2.75) is 19.3 Å². The summed E-state index contributed by atoms with van der Waals surface area (Å²) in [7, 11) is 0. The van der Waals surface area contributed by atoms with Crippen molar-refractivity contribution in [2.24, 2.45) is 5.18 Å². The number of hydrogen-bond acceptors (Lipinski definition) is 3. The maximum absolute atomic E-state index is 11.2. The van der Waals surface area contributed by atoms with Crippen LogP contribution in [0, 0.1) is 4.91 Å². The van der Waals surface area contributed by atoms with E-state index in [1.54, 1.807) is 6.07 Å². The second-order valence-electron chi connectivity index (χ2n) is 3.78. The van der Waals surface area contributed by atoms with Crippen molar-refractivity contribution in [3.8, 4) is 0 Å². The van der Waals surface area contributed by atoms with E-state index in [1.807, 2.05) is 6.07 Å². The topological polar surface area (TPSA) is 72.5 Å². The Kier molecular flexibility index (Phi) is 2.81. The number of carbonyl (C=O) groups excluding carboxylic acids is 1. The second-order valence-corrected chi connectivity index (χ2v) is 3.78. The van der Waals surface area contributed by atoms with Crippen LogP contribution in [0.1, 0.15) is 35.2 Å². The zero-order valence-corrected chi connectivity index (χ0v) is 8.77. The van der Waals surface area contributed by atoms with Gasteiger partial charge in [0, 0.05) is 10.7 Å². The van der Waals surface area contributed by atoms with Gasteiger partial charge in [-0.15, -0.1) is 4.91 Å². The van der Waals surface area contributed by atoms with Crippen LogP contribution in [-0.4, -0.2) is 5.91 Å². The number of carbonyl (C=O) groups is 1. The van der Waals surface area contributed by atoms with Gasteiger partial charge in [0.15, 0.2) is 0 Å². The summed E-state index contributed by atoms with van der Waals surface area (Å²) in [6.07, 6.45) is 5.24. The predicted molar refractivity (Wildman–Crippen MR) is 62.8 cm³/mol. The van der Waals surface area contributed by atoms with Crippen LogP contribution >= 0.6 is 0 Å². The van der Waals surface area contributed by atoms with Crippen LogP contribution in [0.15, 0.2) is 29.5 Å². The Morgan fingerprint density at radius 3 is 2.81 bits per heavy atom. The fraction of sp³-hybridized carbons (Fsp3) is 0.250. The third-order valence-electron chi connectivity index (χ3n) is 2.81. The summed E-state index contributed by atoms with van der Waals surface area (Å²) in [6, 6.07) is 5.12. The highest BCUT2D eigenvalue weighted by atomic mass is 16.3. The molecule has 16 heavy (non-hydrogen) atoms. The van der Waals surface area contributed by atoms with Gasteiger partial charge < -0.3 is 5.73 Å². The molecule has 4 heteroatoms. The summed E-state index contributed by atoms with van der Waals surface area (Å²) < 4.78 is 0. The first-order chi connectivity index (χ1) is 7.74. The molecule has 0 heterocycles. The molecule has 1 aliphatic carbocycles. The highest BCUT2D eigenvalue weighted by molar-refractivity contribution is 6.02. The van der Waals surface area contributed by atoms with Gasteiger partial charge in [-0.05, 0) is 30.9 Å². The van der Waals surface area contributed by atoms with Crippen molar-refractivity contribution in [3.05, 3.63) is 40.3 Å². The number of rotatable bonds is 2. The van der Waals surface area contributed by atoms with Gasteiger partial charge in [0.05, 0.1) is 11.3 Å². The molecule has 1 aliphatic rings. The molecule has 1 amide bonds. The lowest BCUT2D eigenvalue weighted by molar-refractivity contribution is 0.100. The number of anilines is 1. The number of hydrogen-bond donors (Lipinski definition) is 1. The van der Waals surface area contributed by atoms with Gasteiger partial charge in [-0.3, -0.25) is 4.79 Å². The number of benzene rings is 1. The smallest absolute Gasteiger partial charge is 0.318 e. The number of para-hydroxylation sites is 1. The molecule has 0 saturated heterocycles.